The van der Waals surface area contributed by atoms with E-state index in [9.17, 15) is 9.18 Å². The lowest BCUT2D eigenvalue weighted by Gasteiger charge is -2.13. The number of halogens is 1. The minimum atomic E-state index is -0.421. The number of primary amides is 1. The first-order valence-corrected chi connectivity index (χ1v) is 5.24. The van der Waals surface area contributed by atoms with Crippen LogP contribution in [0.4, 0.5) is 4.39 Å². The fraction of sp³-hybridized carbons (Fsp3) is 0.154. The van der Waals surface area contributed by atoms with Crippen LogP contribution in [0.5, 0.6) is 0 Å². The molecule has 0 fully saturated rings. The number of benzene rings is 1. The van der Waals surface area contributed by atoms with Gasteiger partial charge in [-0.2, -0.15) is 0 Å². The molecule has 17 heavy (non-hydrogen) atoms. The van der Waals surface area contributed by atoms with Gasteiger partial charge in [0.15, 0.2) is 0 Å². The summed E-state index contributed by atoms with van der Waals surface area (Å²) >= 11 is 0. The lowest BCUT2D eigenvalue weighted by atomic mass is 9.93. The van der Waals surface area contributed by atoms with E-state index < -0.39 is 5.91 Å². The molecule has 1 atom stereocenters. The zero-order valence-electron chi connectivity index (χ0n) is 9.10. The third-order valence-electron chi connectivity index (χ3n) is 2.56. The van der Waals surface area contributed by atoms with Crippen molar-refractivity contribution in [2.24, 2.45) is 5.73 Å². The number of hydrogen-bond donors (Lipinski definition) is 1. The molecule has 4 heteroatoms. The average molecular weight is 233 g/mol. The van der Waals surface area contributed by atoms with Gasteiger partial charge in [-0.3, -0.25) is 4.79 Å². The Labute approximate surface area is 98.0 Å². The Morgan fingerprint density at radius 2 is 2.00 bits per heavy atom. The van der Waals surface area contributed by atoms with E-state index in [1.54, 1.807) is 24.3 Å². The minimum absolute atomic E-state index is 0.138. The lowest BCUT2D eigenvalue weighted by Crippen LogP contribution is -2.15. The molecule has 0 aliphatic carbocycles. The first-order valence-electron chi connectivity index (χ1n) is 5.24. The van der Waals surface area contributed by atoms with Crippen LogP contribution < -0.4 is 5.73 Å². The van der Waals surface area contributed by atoms with Gasteiger partial charge in [0.25, 0.3) is 0 Å². The summed E-state index contributed by atoms with van der Waals surface area (Å²) in [7, 11) is 0. The highest BCUT2D eigenvalue weighted by Gasteiger charge is 2.19. The van der Waals surface area contributed by atoms with E-state index in [2.05, 4.69) is 0 Å². The highest BCUT2D eigenvalue weighted by molar-refractivity contribution is 5.75. The Bertz CT molecular complexity index is 491. The molecule has 0 spiro atoms. The number of rotatable bonds is 4. The molecule has 0 bridgehead atoms. The van der Waals surface area contributed by atoms with Crippen LogP contribution in [0, 0.1) is 5.82 Å². The number of amides is 1. The predicted molar refractivity (Wildman–Crippen MR) is 60.8 cm³/mol. The summed E-state index contributed by atoms with van der Waals surface area (Å²) in [6.45, 7) is 0. The Morgan fingerprint density at radius 3 is 2.53 bits per heavy atom. The molecule has 2 aromatic rings. The Balaban J connectivity index is 2.33. The van der Waals surface area contributed by atoms with Crippen LogP contribution in [0.25, 0.3) is 0 Å². The average Bonchev–Trinajstić information content (AvgIpc) is 2.80. The van der Waals surface area contributed by atoms with Crippen molar-refractivity contribution < 1.29 is 13.6 Å². The summed E-state index contributed by atoms with van der Waals surface area (Å²) in [5.41, 5.74) is 6.02. The minimum Gasteiger partial charge on any atom is -0.469 e. The highest BCUT2D eigenvalue weighted by Crippen LogP contribution is 2.28. The van der Waals surface area contributed by atoms with Crippen LogP contribution in [-0.2, 0) is 4.79 Å². The maximum Gasteiger partial charge on any atom is 0.218 e. The number of nitrogens with two attached hydrogens (primary N) is 1. The highest BCUT2D eigenvalue weighted by atomic mass is 19.1. The number of hydrogen-bond acceptors (Lipinski definition) is 2. The quantitative estimate of drug-likeness (QED) is 0.881. The van der Waals surface area contributed by atoms with E-state index in [1.165, 1.54) is 18.4 Å². The van der Waals surface area contributed by atoms with Gasteiger partial charge in [-0.1, -0.05) is 12.1 Å². The second-order valence-electron chi connectivity index (χ2n) is 3.79. The van der Waals surface area contributed by atoms with Gasteiger partial charge in [0.1, 0.15) is 11.6 Å². The molecular weight excluding hydrogens is 221 g/mol. The molecule has 1 aromatic carbocycles. The summed E-state index contributed by atoms with van der Waals surface area (Å²) in [5, 5.41) is 0. The maximum atomic E-state index is 12.8. The summed E-state index contributed by atoms with van der Waals surface area (Å²) in [5.74, 6) is -0.347. The third-order valence-corrected chi connectivity index (χ3v) is 2.56. The molecule has 1 unspecified atom stereocenters. The molecule has 0 saturated heterocycles. The van der Waals surface area contributed by atoms with Gasteiger partial charge in [-0.25, -0.2) is 4.39 Å². The van der Waals surface area contributed by atoms with Crippen molar-refractivity contribution in [1.29, 1.82) is 0 Å². The second-order valence-corrected chi connectivity index (χ2v) is 3.79. The van der Waals surface area contributed by atoms with Gasteiger partial charge in [-0.15, -0.1) is 0 Å². The Morgan fingerprint density at radius 1 is 1.29 bits per heavy atom. The number of carbonyl (C=O) groups is 1. The van der Waals surface area contributed by atoms with Crippen LogP contribution in [0.2, 0.25) is 0 Å². The molecular formula is C13H12FNO2. The zero-order valence-corrected chi connectivity index (χ0v) is 9.10. The summed E-state index contributed by atoms with van der Waals surface area (Å²) in [6, 6.07) is 9.49. The van der Waals surface area contributed by atoms with Gasteiger partial charge in [0, 0.05) is 6.42 Å². The molecule has 0 aliphatic heterocycles. The number of furan rings is 1. The third kappa shape index (κ3) is 2.72. The van der Waals surface area contributed by atoms with E-state index in [0.717, 1.165) is 5.56 Å². The summed E-state index contributed by atoms with van der Waals surface area (Å²) in [4.78, 5) is 11.1. The van der Waals surface area contributed by atoms with Gasteiger partial charge < -0.3 is 10.2 Å². The van der Waals surface area contributed by atoms with Gasteiger partial charge >= 0.3 is 0 Å². The van der Waals surface area contributed by atoms with Crippen molar-refractivity contribution in [3.63, 3.8) is 0 Å². The van der Waals surface area contributed by atoms with Crippen molar-refractivity contribution in [1.82, 2.24) is 0 Å². The largest absolute Gasteiger partial charge is 0.469 e. The molecule has 88 valence electrons. The molecule has 1 amide bonds. The van der Waals surface area contributed by atoms with E-state index in [1.807, 2.05) is 0 Å². The smallest absolute Gasteiger partial charge is 0.218 e. The molecule has 2 rings (SSSR count). The first-order chi connectivity index (χ1) is 8.16. The monoisotopic (exact) mass is 233 g/mol. The molecule has 0 aliphatic rings. The van der Waals surface area contributed by atoms with Crippen molar-refractivity contribution >= 4 is 5.91 Å². The molecule has 0 radical (unpaired) electrons. The Kier molecular flexibility index (Phi) is 3.23. The lowest BCUT2D eigenvalue weighted by molar-refractivity contribution is -0.118. The van der Waals surface area contributed by atoms with Gasteiger partial charge in [-0.05, 0) is 29.8 Å². The second kappa shape index (κ2) is 4.82. The van der Waals surface area contributed by atoms with Crippen molar-refractivity contribution in [3.8, 4) is 0 Å². The maximum absolute atomic E-state index is 12.8. The van der Waals surface area contributed by atoms with Crippen LogP contribution in [0.1, 0.15) is 23.7 Å². The standard InChI is InChI=1S/C13H12FNO2/c14-10-5-3-9(4-6-10)11(8-13(15)16)12-2-1-7-17-12/h1-7,11H,8H2,(H2,15,16). The summed E-state index contributed by atoms with van der Waals surface area (Å²) < 4.78 is 18.1. The fourth-order valence-electron chi connectivity index (χ4n) is 1.77. The first kappa shape index (κ1) is 11.4. The number of carbonyl (C=O) groups excluding carboxylic acids is 1. The molecule has 0 saturated carbocycles. The van der Waals surface area contributed by atoms with Crippen LogP contribution >= 0.6 is 0 Å². The SMILES string of the molecule is NC(=O)CC(c1ccc(F)cc1)c1ccco1. The van der Waals surface area contributed by atoms with Crippen molar-refractivity contribution in [3.05, 3.63) is 59.8 Å². The fourth-order valence-corrected chi connectivity index (χ4v) is 1.77. The molecule has 3 nitrogen and oxygen atoms in total. The van der Waals surface area contributed by atoms with E-state index in [-0.39, 0.29) is 18.2 Å². The summed E-state index contributed by atoms with van der Waals surface area (Å²) in [6.07, 6.45) is 1.67. The van der Waals surface area contributed by atoms with E-state index in [0.29, 0.717) is 5.76 Å². The normalized spacial score (nSPS) is 12.3. The molecule has 2 N–H and O–H groups in total. The van der Waals surface area contributed by atoms with E-state index >= 15 is 0 Å². The van der Waals surface area contributed by atoms with Gasteiger partial charge in [0.2, 0.25) is 5.91 Å². The topological polar surface area (TPSA) is 56.2 Å². The van der Waals surface area contributed by atoms with Crippen molar-refractivity contribution in [2.75, 3.05) is 0 Å². The molecule has 1 aromatic heterocycles. The predicted octanol–water partition coefficient (Wildman–Crippen LogP) is 2.43. The van der Waals surface area contributed by atoms with Crippen LogP contribution in [0.15, 0.2) is 47.1 Å². The Hall–Kier alpha value is -2.10. The van der Waals surface area contributed by atoms with E-state index in [4.69, 9.17) is 10.2 Å². The molecule has 1 heterocycles. The van der Waals surface area contributed by atoms with Crippen LogP contribution in [0.3, 0.4) is 0 Å². The van der Waals surface area contributed by atoms with Crippen molar-refractivity contribution in [2.45, 2.75) is 12.3 Å². The van der Waals surface area contributed by atoms with Crippen LogP contribution in [-0.4, -0.2) is 5.91 Å². The zero-order chi connectivity index (χ0) is 12.3. The van der Waals surface area contributed by atoms with Gasteiger partial charge in [0.05, 0.1) is 12.2 Å².